The highest BCUT2D eigenvalue weighted by atomic mass is 32.2. The number of amides is 1. The fourth-order valence-electron chi connectivity index (χ4n) is 2.74. The fraction of sp³-hybridized carbons (Fsp3) is 0.0500. The second-order valence-corrected chi connectivity index (χ2v) is 7.51. The first kappa shape index (κ1) is 17.5. The number of hydrogen-bond acceptors (Lipinski definition) is 5. The Kier molecular flexibility index (Phi) is 4.79. The average Bonchev–Trinajstić information content (AvgIpc) is 3.25. The van der Waals surface area contributed by atoms with Crippen molar-refractivity contribution in [3.8, 4) is 22.7 Å². The number of nitrogens with one attached hydrogen (secondary N) is 1. The number of hydrogen-bond donors (Lipinski definition) is 1. The SMILES string of the molecule is COc1ccc(-c2nn(-c3ccccc3)cc2C=C2SC(=S)NC2=O)cc1. The zero-order chi connectivity index (χ0) is 18.8. The smallest absolute Gasteiger partial charge is 0.263 e. The third-order valence-electron chi connectivity index (χ3n) is 4.06. The third-order valence-corrected chi connectivity index (χ3v) is 5.22. The van der Waals surface area contributed by atoms with Gasteiger partial charge in [0.1, 0.15) is 10.1 Å². The molecule has 0 unspecified atom stereocenters. The average molecular weight is 393 g/mol. The van der Waals surface area contributed by atoms with Gasteiger partial charge in [0.15, 0.2) is 0 Å². The lowest BCUT2D eigenvalue weighted by Gasteiger charge is -2.03. The van der Waals surface area contributed by atoms with Gasteiger partial charge in [-0.3, -0.25) is 4.79 Å². The predicted octanol–water partition coefficient (Wildman–Crippen LogP) is 4.04. The van der Waals surface area contributed by atoms with Gasteiger partial charge in [-0.15, -0.1) is 0 Å². The number of nitrogens with zero attached hydrogens (tertiary/aromatic N) is 2. The molecular weight excluding hydrogens is 378 g/mol. The van der Waals surface area contributed by atoms with Crippen molar-refractivity contribution in [3.63, 3.8) is 0 Å². The van der Waals surface area contributed by atoms with E-state index in [0.29, 0.717) is 9.23 Å². The highest BCUT2D eigenvalue weighted by Gasteiger charge is 2.23. The van der Waals surface area contributed by atoms with Gasteiger partial charge < -0.3 is 10.1 Å². The second kappa shape index (κ2) is 7.38. The Morgan fingerprint density at radius 2 is 1.89 bits per heavy atom. The van der Waals surface area contributed by atoms with Crippen LogP contribution in [-0.4, -0.2) is 27.1 Å². The third kappa shape index (κ3) is 3.65. The lowest BCUT2D eigenvalue weighted by atomic mass is 10.1. The summed E-state index contributed by atoms with van der Waals surface area (Å²) in [6.07, 6.45) is 3.74. The van der Waals surface area contributed by atoms with E-state index in [2.05, 4.69) is 5.32 Å². The van der Waals surface area contributed by atoms with Gasteiger partial charge in [-0.05, 0) is 42.5 Å². The van der Waals surface area contributed by atoms with E-state index in [0.717, 1.165) is 28.3 Å². The van der Waals surface area contributed by atoms with Gasteiger partial charge in [0.25, 0.3) is 5.91 Å². The van der Waals surface area contributed by atoms with E-state index in [9.17, 15) is 4.79 Å². The topological polar surface area (TPSA) is 56.1 Å². The summed E-state index contributed by atoms with van der Waals surface area (Å²) in [6.45, 7) is 0. The van der Waals surface area contributed by atoms with Crippen LogP contribution in [0.2, 0.25) is 0 Å². The van der Waals surface area contributed by atoms with Crippen LogP contribution in [0.5, 0.6) is 5.75 Å². The molecule has 1 fully saturated rings. The highest BCUT2D eigenvalue weighted by molar-refractivity contribution is 8.26. The van der Waals surface area contributed by atoms with Gasteiger partial charge in [0.05, 0.1) is 23.4 Å². The molecule has 2 heterocycles. The maximum atomic E-state index is 12.1. The number of aromatic nitrogens is 2. The van der Waals surface area contributed by atoms with Crippen molar-refractivity contribution in [1.29, 1.82) is 0 Å². The van der Waals surface area contributed by atoms with E-state index in [4.69, 9.17) is 22.1 Å². The van der Waals surface area contributed by atoms with Gasteiger partial charge >= 0.3 is 0 Å². The van der Waals surface area contributed by atoms with Gasteiger partial charge in [0.2, 0.25) is 0 Å². The number of thiocarbonyl (C=S) groups is 1. The van der Waals surface area contributed by atoms with Gasteiger partial charge in [-0.1, -0.05) is 42.2 Å². The fourth-order valence-corrected chi connectivity index (χ4v) is 3.78. The number of carbonyl (C=O) groups excluding carboxylic acids is 1. The van der Waals surface area contributed by atoms with E-state index >= 15 is 0 Å². The van der Waals surface area contributed by atoms with Gasteiger partial charge in [-0.25, -0.2) is 4.68 Å². The maximum absolute atomic E-state index is 12.1. The van der Waals surface area contributed by atoms with E-state index in [-0.39, 0.29) is 5.91 Å². The summed E-state index contributed by atoms with van der Waals surface area (Å²) in [4.78, 5) is 12.6. The molecule has 134 valence electrons. The number of carbonyl (C=O) groups is 1. The summed E-state index contributed by atoms with van der Waals surface area (Å²) in [6, 6.07) is 17.5. The first-order valence-corrected chi connectivity index (χ1v) is 9.41. The van der Waals surface area contributed by atoms with Crippen LogP contribution in [0.15, 0.2) is 65.7 Å². The standard InChI is InChI=1S/C20H15N3O2S2/c1-25-16-9-7-13(8-10-16)18-14(11-17-19(24)21-20(26)27-17)12-23(22-18)15-5-3-2-4-6-15/h2-12H,1H3,(H,21,24,26). The number of benzene rings is 2. The second-order valence-electron chi connectivity index (χ2n) is 5.79. The zero-order valence-electron chi connectivity index (χ0n) is 14.4. The van der Waals surface area contributed by atoms with Crippen LogP contribution in [0.3, 0.4) is 0 Å². The molecule has 7 heteroatoms. The molecular formula is C20H15N3O2S2. The van der Waals surface area contributed by atoms with Crippen LogP contribution < -0.4 is 10.1 Å². The molecule has 1 aliphatic rings. The summed E-state index contributed by atoms with van der Waals surface area (Å²) in [7, 11) is 1.63. The van der Waals surface area contributed by atoms with E-state index < -0.39 is 0 Å². The minimum absolute atomic E-state index is 0.182. The zero-order valence-corrected chi connectivity index (χ0v) is 16.0. The van der Waals surface area contributed by atoms with Crippen LogP contribution in [0.1, 0.15) is 5.56 Å². The molecule has 0 aliphatic carbocycles. The van der Waals surface area contributed by atoms with Crippen LogP contribution in [0.25, 0.3) is 23.0 Å². The lowest BCUT2D eigenvalue weighted by molar-refractivity contribution is -0.115. The van der Waals surface area contributed by atoms with Crippen LogP contribution in [-0.2, 0) is 4.79 Å². The van der Waals surface area contributed by atoms with Crippen molar-refractivity contribution in [2.45, 2.75) is 0 Å². The molecule has 3 aromatic rings. The Balaban J connectivity index is 1.82. The number of rotatable bonds is 4. The minimum Gasteiger partial charge on any atom is -0.497 e. The molecule has 1 amide bonds. The predicted molar refractivity (Wildman–Crippen MR) is 112 cm³/mol. The van der Waals surface area contributed by atoms with Crippen molar-refractivity contribution in [2.24, 2.45) is 0 Å². The van der Waals surface area contributed by atoms with Crippen molar-refractivity contribution in [2.75, 3.05) is 7.11 Å². The first-order chi connectivity index (χ1) is 13.1. The van der Waals surface area contributed by atoms with Crippen molar-refractivity contribution < 1.29 is 9.53 Å². The molecule has 4 rings (SSSR count). The van der Waals surface area contributed by atoms with E-state index in [1.165, 1.54) is 11.8 Å². The van der Waals surface area contributed by atoms with Crippen LogP contribution >= 0.6 is 24.0 Å². The summed E-state index contributed by atoms with van der Waals surface area (Å²) < 4.78 is 7.51. The molecule has 0 spiro atoms. The first-order valence-electron chi connectivity index (χ1n) is 8.18. The number of ether oxygens (including phenoxy) is 1. The summed E-state index contributed by atoms with van der Waals surface area (Å²) >= 11 is 6.34. The number of para-hydroxylation sites is 1. The maximum Gasteiger partial charge on any atom is 0.263 e. The molecule has 1 saturated heterocycles. The quantitative estimate of drug-likeness (QED) is 0.536. The largest absolute Gasteiger partial charge is 0.497 e. The van der Waals surface area contributed by atoms with Crippen molar-refractivity contribution >= 4 is 40.3 Å². The highest BCUT2D eigenvalue weighted by Crippen LogP contribution is 2.31. The monoisotopic (exact) mass is 393 g/mol. The molecule has 27 heavy (non-hydrogen) atoms. The lowest BCUT2D eigenvalue weighted by Crippen LogP contribution is -2.17. The Morgan fingerprint density at radius 3 is 2.52 bits per heavy atom. The molecule has 1 aliphatic heterocycles. The van der Waals surface area contributed by atoms with Gasteiger partial charge in [0, 0.05) is 17.3 Å². The summed E-state index contributed by atoms with van der Waals surface area (Å²) in [5.74, 6) is 0.593. The van der Waals surface area contributed by atoms with Crippen molar-refractivity contribution in [3.05, 3.63) is 71.3 Å². The van der Waals surface area contributed by atoms with Crippen molar-refractivity contribution in [1.82, 2.24) is 15.1 Å². The molecule has 0 atom stereocenters. The normalized spacial score (nSPS) is 15.2. The molecule has 0 bridgehead atoms. The Hall–Kier alpha value is -2.90. The molecule has 1 N–H and O–H groups in total. The molecule has 0 radical (unpaired) electrons. The number of methoxy groups -OCH3 is 1. The number of thioether (sulfide) groups is 1. The Bertz CT molecular complexity index is 1040. The van der Waals surface area contributed by atoms with E-state index in [1.54, 1.807) is 7.11 Å². The molecule has 0 saturated carbocycles. The Labute approximate surface area is 166 Å². The van der Waals surface area contributed by atoms with Crippen LogP contribution in [0.4, 0.5) is 0 Å². The van der Waals surface area contributed by atoms with Gasteiger partial charge in [-0.2, -0.15) is 5.10 Å². The minimum atomic E-state index is -0.182. The molecule has 5 nitrogen and oxygen atoms in total. The summed E-state index contributed by atoms with van der Waals surface area (Å²) in [5, 5.41) is 7.39. The Morgan fingerprint density at radius 1 is 1.15 bits per heavy atom. The van der Waals surface area contributed by atoms with E-state index in [1.807, 2.05) is 71.6 Å². The molecule has 2 aromatic carbocycles. The summed E-state index contributed by atoms with van der Waals surface area (Å²) in [5.41, 5.74) is 3.49. The van der Waals surface area contributed by atoms with Crippen LogP contribution in [0, 0.1) is 0 Å². The molecule has 1 aromatic heterocycles.